The summed E-state index contributed by atoms with van der Waals surface area (Å²) in [7, 11) is -4.13. The quantitative estimate of drug-likeness (QED) is 0.433. The van der Waals surface area contributed by atoms with Crippen LogP contribution in [0.4, 0.5) is 5.95 Å². The first kappa shape index (κ1) is 28.6. The lowest BCUT2D eigenvalue weighted by Gasteiger charge is -2.45. The molecule has 1 amide bonds. The fourth-order valence-corrected chi connectivity index (χ4v) is 7.36. The maximum Gasteiger partial charge on any atom is 0.264 e. The molecule has 4 bridgehead atoms. The third kappa shape index (κ3) is 5.38. The Kier molecular flexibility index (Phi) is 6.85. The van der Waals surface area contributed by atoms with E-state index in [9.17, 15) is 18.3 Å². The van der Waals surface area contributed by atoms with Gasteiger partial charge < -0.3 is 14.7 Å². The van der Waals surface area contributed by atoms with Crippen molar-refractivity contribution < 1.29 is 23.1 Å². The smallest absolute Gasteiger partial charge is 0.264 e. The van der Waals surface area contributed by atoms with E-state index in [0.29, 0.717) is 25.0 Å². The van der Waals surface area contributed by atoms with Crippen LogP contribution >= 0.6 is 0 Å². The number of hydrogen-bond acceptors (Lipinski definition) is 7. The Balaban J connectivity index is 1.48. The second-order valence-corrected chi connectivity index (χ2v) is 15.0. The van der Waals surface area contributed by atoms with Gasteiger partial charge >= 0.3 is 0 Å². The molecule has 0 saturated heterocycles. The monoisotopic (exact) mass is 590 g/mol. The summed E-state index contributed by atoms with van der Waals surface area (Å²) in [6.07, 6.45) is 2.68. The van der Waals surface area contributed by atoms with E-state index in [2.05, 4.69) is 35.5 Å². The van der Waals surface area contributed by atoms with Crippen LogP contribution in [-0.2, 0) is 10.0 Å². The molecule has 2 unspecified atom stereocenters. The summed E-state index contributed by atoms with van der Waals surface area (Å²) >= 11 is 0. The minimum atomic E-state index is -4.13. The molecule has 4 atom stereocenters. The molecule has 222 valence electrons. The number of anilines is 1. The van der Waals surface area contributed by atoms with Crippen molar-refractivity contribution >= 4 is 21.9 Å². The molecule has 3 aromatic rings. The average molecular weight is 591 g/mol. The van der Waals surface area contributed by atoms with Crippen LogP contribution in [0.5, 0.6) is 5.88 Å². The average Bonchev–Trinajstić information content (AvgIpc) is 3.45. The lowest BCUT2D eigenvalue weighted by Crippen LogP contribution is -2.57. The summed E-state index contributed by atoms with van der Waals surface area (Å²) in [4.78, 5) is 25.0. The Hall–Kier alpha value is -3.50. The van der Waals surface area contributed by atoms with E-state index in [4.69, 9.17) is 4.74 Å². The van der Waals surface area contributed by atoms with Crippen LogP contribution in [0.1, 0.15) is 67.9 Å². The molecule has 2 aromatic carbocycles. The van der Waals surface area contributed by atoms with Gasteiger partial charge in [-0.3, -0.25) is 4.79 Å². The Morgan fingerprint density at radius 1 is 1.07 bits per heavy atom. The zero-order chi connectivity index (χ0) is 30.0. The maximum atomic E-state index is 14.2. The molecule has 0 radical (unpaired) electrons. The third-order valence-electron chi connectivity index (χ3n) is 8.82. The van der Waals surface area contributed by atoms with Crippen LogP contribution < -0.4 is 9.46 Å². The van der Waals surface area contributed by atoms with Crippen LogP contribution in [0.25, 0.3) is 11.3 Å². The number of aromatic nitrogens is 2. The number of aliphatic hydroxyl groups is 1. The zero-order valence-electron chi connectivity index (χ0n) is 24.7. The largest absolute Gasteiger partial charge is 0.475 e. The fraction of sp³-hybridized carbons (Fsp3) is 0.469. The van der Waals surface area contributed by atoms with Crippen molar-refractivity contribution in [3.05, 3.63) is 65.2 Å². The van der Waals surface area contributed by atoms with Gasteiger partial charge in [-0.25, -0.2) is 18.1 Å². The highest BCUT2D eigenvalue weighted by Crippen LogP contribution is 2.62. The molecule has 2 N–H and O–H groups in total. The van der Waals surface area contributed by atoms with Gasteiger partial charge in [-0.15, -0.1) is 0 Å². The number of benzene rings is 2. The number of aryl methyl sites for hydroxylation is 2. The molecule has 1 aliphatic heterocycles. The van der Waals surface area contributed by atoms with Crippen LogP contribution in [0.15, 0.2) is 53.4 Å². The van der Waals surface area contributed by atoms with Gasteiger partial charge in [0.05, 0.1) is 22.2 Å². The molecule has 2 fully saturated rings. The molecule has 9 nitrogen and oxygen atoms in total. The number of hydrogen-bond donors (Lipinski definition) is 2. The number of sulfonamides is 1. The molecule has 6 rings (SSSR count). The number of carbonyl (C=O) groups excluding carboxylic acids is 1. The minimum absolute atomic E-state index is 0.0177. The van der Waals surface area contributed by atoms with Crippen molar-refractivity contribution in [3.63, 3.8) is 0 Å². The third-order valence-corrected chi connectivity index (χ3v) is 10.1. The highest BCUT2D eigenvalue weighted by atomic mass is 32.2. The molecule has 2 aliphatic carbocycles. The zero-order valence-corrected chi connectivity index (χ0v) is 25.5. The van der Waals surface area contributed by atoms with Gasteiger partial charge in [-0.2, -0.15) is 4.98 Å². The molecule has 1 aromatic heterocycles. The first-order valence-electron chi connectivity index (χ1n) is 14.5. The van der Waals surface area contributed by atoms with Crippen molar-refractivity contribution in [3.8, 4) is 17.1 Å². The van der Waals surface area contributed by atoms with Gasteiger partial charge in [-0.1, -0.05) is 45.0 Å². The van der Waals surface area contributed by atoms with Gasteiger partial charge in [0.25, 0.3) is 15.9 Å². The van der Waals surface area contributed by atoms with E-state index in [1.54, 1.807) is 18.2 Å². The van der Waals surface area contributed by atoms with E-state index < -0.39 is 15.6 Å². The van der Waals surface area contributed by atoms with Crippen molar-refractivity contribution in [2.45, 2.75) is 82.9 Å². The number of nitrogens with zero attached hydrogens (tertiary/aromatic N) is 3. The van der Waals surface area contributed by atoms with Gasteiger partial charge in [0, 0.05) is 29.2 Å². The van der Waals surface area contributed by atoms with Crippen molar-refractivity contribution in [1.29, 1.82) is 0 Å². The van der Waals surface area contributed by atoms with Crippen LogP contribution in [-0.4, -0.2) is 58.6 Å². The summed E-state index contributed by atoms with van der Waals surface area (Å²) in [6, 6.07) is 13.3. The predicted molar refractivity (Wildman–Crippen MR) is 160 cm³/mol. The fourth-order valence-electron chi connectivity index (χ4n) is 6.37. The summed E-state index contributed by atoms with van der Waals surface area (Å²) in [5.74, 6) is -0.131. The molecule has 10 heteroatoms. The summed E-state index contributed by atoms with van der Waals surface area (Å²) in [6.45, 7) is 10.6. The predicted octanol–water partition coefficient (Wildman–Crippen LogP) is 5.11. The Bertz CT molecular complexity index is 1650. The molecular weight excluding hydrogens is 552 g/mol. The molecule has 3 aliphatic rings. The second-order valence-electron chi connectivity index (χ2n) is 13.3. The normalized spacial score (nSPS) is 26.4. The van der Waals surface area contributed by atoms with Crippen molar-refractivity contribution in [2.24, 2.45) is 11.3 Å². The molecule has 0 spiro atoms. The first-order valence-corrected chi connectivity index (χ1v) is 16.0. The number of rotatable bonds is 4. The van der Waals surface area contributed by atoms with E-state index in [1.807, 2.05) is 36.9 Å². The molecule has 42 heavy (non-hydrogen) atoms. The van der Waals surface area contributed by atoms with E-state index in [1.165, 1.54) is 12.1 Å². The molecule has 2 heterocycles. The van der Waals surface area contributed by atoms with Crippen LogP contribution in [0, 0.1) is 25.2 Å². The second kappa shape index (κ2) is 10.1. The lowest BCUT2D eigenvalue weighted by molar-refractivity contribution is -0.0271. The van der Waals surface area contributed by atoms with Crippen molar-refractivity contribution in [1.82, 2.24) is 14.9 Å². The number of nitrogens with one attached hydrogen (secondary N) is 1. The van der Waals surface area contributed by atoms with Crippen LogP contribution in [0.3, 0.4) is 0 Å². The van der Waals surface area contributed by atoms with Gasteiger partial charge in [0.2, 0.25) is 11.8 Å². The minimum Gasteiger partial charge on any atom is -0.475 e. The van der Waals surface area contributed by atoms with Gasteiger partial charge in [-0.05, 0) is 74.3 Å². The van der Waals surface area contributed by atoms with E-state index in [0.717, 1.165) is 23.1 Å². The SMILES string of the molecule is Cc1cccc(C)c1-c1cc2nc(n1)NS(=O)(=O)c1cccc(c1)C(=O)N([C@H]1CC3(O)CC13)[C@H](CCC(C)(C)C)CO2. The summed E-state index contributed by atoms with van der Waals surface area (Å²) in [5, 5.41) is 10.7. The summed E-state index contributed by atoms with van der Waals surface area (Å²) < 4.78 is 35.9. The lowest BCUT2D eigenvalue weighted by atomic mass is 9.84. The van der Waals surface area contributed by atoms with E-state index in [-0.39, 0.29) is 58.2 Å². The van der Waals surface area contributed by atoms with Crippen LogP contribution in [0.2, 0.25) is 0 Å². The number of ether oxygens (including phenoxy) is 1. The van der Waals surface area contributed by atoms with Gasteiger partial charge in [0.1, 0.15) is 6.61 Å². The van der Waals surface area contributed by atoms with Gasteiger partial charge in [0.15, 0.2) is 0 Å². The Labute approximate surface area is 247 Å². The van der Waals surface area contributed by atoms with Crippen molar-refractivity contribution in [2.75, 3.05) is 11.3 Å². The van der Waals surface area contributed by atoms with E-state index >= 15 is 0 Å². The Morgan fingerprint density at radius 3 is 2.43 bits per heavy atom. The number of amides is 1. The topological polar surface area (TPSA) is 122 Å². The highest BCUT2D eigenvalue weighted by Gasteiger charge is 2.69. The first-order chi connectivity index (χ1) is 19.7. The molecule has 2 saturated carbocycles. The number of carbonyl (C=O) groups is 1. The highest BCUT2D eigenvalue weighted by molar-refractivity contribution is 7.92. The molecular formula is C32H38N4O5S. The standard InChI is InChI=1S/C32H38N4O5S/c1-19-8-6-9-20(2)28(19)25-15-27-34-30(33-25)35-42(39,40)23-11-7-10-21(14-23)29(37)36(26-17-32(38)16-24(26)32)22(18-41-27)12-13-31(3,4)5/h6-11,14-15,22,24,26,38H,12-13,16-18H2,1-5H3,(H,33,34,35)/t22-,24?,26+,32?/m1/s1. The number of fused-ring (bicyclic) bond motifs is 5. The summed E-state index contributed by atoms with van der Waals surface area (Å²) in [5.41, 5.74) is 2.99. The maximum absolute atomic E-state index is 14.2. The Morgan fingerprint density at radius 2 is 1.79 bits per heavy atom.